The molecule has 3 heterocycles. The third kappa shape index (κ3) is 3.30. The fraction of sp³-hybridized carbons (Fsp3) is 0.0556. The van der Waals surface area contributed by atoms with Crippen molar-refractivity contribution in [1.82, 2.24) is 20.2 Å². The van der Waals surface area contributed by atoms with Crippen molar-refractivity contribution in [3.05, 3.63) is 69.2 Å². The van der Waals surface area contributed by atoms with Crippen LogP contribution >= 0.6 is 11.6 Å². The molecule has 140 valence electrons. The summed E-state index contributed by atoms with van der Waals surface area (Å²) in [5.74, 6) is -0.289. The Morgan fingerprint density at radius 3 is 2.89 bits per heavy atom. The number of carbonyl (C=O) groups is 1. The van der Waals surface area contributed by atoms with Crippen LogP contribution < -0.4 is 21.5 Å². The predicted octanol–water partition coefficient (Wildman–Crippen LogP) is 2.39. The first-order valence-corrected chi connectivity index (χ1v) is 8.60. The van der Waals surface area contributed by atoms with Crippen LogP contribution in [0.1, 0.15) is 16.2 Å². The van der Waals surface area contributed by atoms with Crippen molar-refractivity contribution in [1.29, 1.82) is 0 Å². The molecule has 0 saturated carbocycles. The van der Waals surface area contributed by atoms with Crippen LogP contribution in [0.2, 0.25) is 5.02 Å². The van der Waals surface area contributed by atoms with E-state index in [4.69, 9.17) is 11.6 Å². The molecule has 3 N–H and O–H groups in total. The van der Waals surface area contributed by atoms with Crippen LogP contribution in [0, 0.1) is 0 Å². The SMILES string of the molecule is Cn1nc(C(=O)N/N=C/c2ccccn2)c(=O)c2c1Nc1ccc(Cl)cc1N2. The number of halogens is 1. The first-order valence-electron chi connectivity index (χ1n) is 8.22. The Balaban J connectivity index is 1.62. The zero-order valence-corrected chi connectivity index (χ0v) is 15.4. The van der Waals surface area contributed by atoms with Crippen LogP contribution in [-0.2, 0) is 7.05 Å². The third-order valence-electron chi connectivity index (χ3n) is 4.01. The summed E-state index contributed by atoms with van der Waals surface area (Å²) in [7, 11) is 1.63. The van der Waals surface area contributed by atoms with Crippen molar-refractivity contribution in [2.24, 2.45) is 12.1 Å². The number of anilines is 4. The average Bonchev–Trinajstić information content (AvgIpc) is 2.70. The average molecular weight is 396 g/mol. The molecule has 9 nitrogen and oxygen atoms in total. The van der Waals surface area contributed by atoms with Crippen molar-refractivity contribution in [2.45, 2.75) is 0 Å². The number of hydrogen-bond acceptors (Lipinski definition) is 7. The maximum atomic E-state index is 12.8. The highest BCUT2D eigenvalue weighted by Crippen LogP contribution is 2.37. The quantitative estimate of drug-likeness (QED) is 0.362. The number of benzene rings is 1. The van der Waals surface area contributed by atoms with Gasteiger partial charge in [-0.15, -0.1) is 0 Å². The van der Waals surface area contributed by atoms with E-state index in [9.17, 15) is 9.59 Å². The predicted molar refractivity (Wildman–Crippen MR) is 107 cm³/mol. The summed E-state index contributed by atoms with van der Waals surface area (Å²) < 4.78 is 1.42. The van der Waals surface area contributed by atoms with Crippen molar-refractivity contribution >= 4 is 46.6 Å². The molecule has 0 bridgehead atoms. The number of rotatable bonds is 3. The van der Waals surface area contributed by atoms with Gasteiger partial charge in [-0.25, -0.2) is 10.1 Å². The van der Waals surface area contributed by atoms with Crippen LogP contribution in [-0.4, -0.2) is 26.9 Å². The van der Waals surface area contributed by atoms with Gasteiger partial charge in [0.1, 0.15) is 5.69 Å². The van der Waals surface area contributed by atoms with Gasteiger partial charge in [-0.05, 0) is 30.3 Å². The highest BCUT2D eigenvalue weighted by Gasteiger charge is 2.25. The molecular weight excluding hydrogens is 382 g/mol. The Kier molecular flexibility index (Phi) is 4.50. The van der Waals surface area contributed by atoms with Gasteiger partial charge in [-0.2, -0.15) is 10.2 Å². The van der Waals surface area contributed by atoms with Gasteiger partial charge in [0.05, 0.1) is 23.3 Å². The molecule has 28 heavy (non-hydrogen) atoms. The smallest absolute Gasteiger partial charge is 0.295 e. The van der Waals surface area contributed by atoms with E-state index < -0.39 is 11.3 Å². The number of hydrazone groups is 1. The lowest BCUT2D eigenvalue weighted by Gasteiger charge is -2.24. The lowest BCUT2D eigenvalue weighted by atomic mass is 10.2. The Labute approximate surface area is 164 Å². The molecule has 0 aliphatic carbocycles. The Hall–Kier alpha value is -3.72. The van der Waals surface area contributed by atoms with E-state index in [0.29, 0.717) is 22.2 Å². The number of nitrogens with one attached hydrogen (secondary N) is 3. The van der Waals surface area contributed by atoms with Crippen molar-refractivity contribution < 1.29 is 4.79 Å². The number of aryl methyl sites for hydroxylation is 1. The van der Waals surface area contributed by atoms with Gasteiger partial charge in [-0.3, -0.25) is 14.6 Å². The van der Waals surface area contributed by atoms with E-state index in [1.807, 2.05) is 0 Å². The van der Waals surface area contributed by atoms with Crippen LogP contribution in [0.5, 0.6) is 0 Å². The van der Waals surface area contributed by atoms with E-state index >= 15 is 0 Å². The van der Waals surface area contributed by atoms with Gasteiger partial charge in [0.15, 0.2) is 11.5 Å². The lowest BCUT2D eigenvalue weighted by Crippen LogP contribution is -2.32. The van der Waals surface area contributed by atoms with E-state index in [1.54, 1.807) is 49.6 Å². The maximum Gasteiger partial charge on any atom is 0.295 e. The van der Waals surface area contributed by atoms with Gasteiger partial charge in [0, 0.05) is 18.3 Å². The highest BCUT2D eigenvalue weighted by molar-refractivity contribution is 6.31. The van der Waals surface area contributed by atoms with Gasteiger partial charge in [0.25, 0.3) is 5.91 Å². The molecule has 4 rings (SSSR count). The highest BCUT2D eigenvalue weighted by atomic mass is 35.5. The lowest BCUT2D eigenvalue weighted by molar-refractivity contribution is 0.0947. The van der Waals surface area contributed by atoms with Crippen molar-refractivity contribution in [2.75, 3.05) is 10.6 Å². The number of amides is 1. The number of hydrogen-bond donors (Lipinski definition) is 3. The van der Waals surface area contributed by atoms with Crippen molar-refractivity contribution in [3.63, 3.8) is 0 Å². The summed E-state index contributed by atoms with van der Waals surface area (Å²) in [5, 5.41) is 14.5. The number of fused-ring (bicyclic) bond motifs is 2. The molecular formula is C18H14ClN7O2. The molecule has 0 spiro atoms. The summed E-state index contributed by atoms with van der Waals surface area (Å²) in [4.78, 5) is 29.3. The normalized spacial score (nSPS) is 11.9. The first kappa shape index (κ1) is 17.7. The zero-order chi connectivity index (χ0) is 19.7. The minimum absolute atomic E-state index is 0.200. The molecule has 1 amide bonds. The Morgan fingerprint density at radius 2 is 2.11 bits per heavy atom. The number of nitrogens with zero attached hydrogens (tertiary/aromatic N) is 4. The maximum absolute atomic E-state index is 12.8. The first-order chi connectivity index (χ1) is 13.5. The molecule has 1 aliphatic rings. The van der Waals surface area contributed by atoms with Crippen molar-refractivity contribution in [3.8, 4) is 0 Å². The molecule has 1 aliphatic heterocycles. The van der Waals surface area contributed by atoms with E-state index in [0.717, 1.165) is 5.69 Å². The Morgan fingerprint density at radius 1 is 1.25 bits per heavy atom. The topological polar surface area (TPSA) is 113 Å². The minimum Gasteiger partial charge on any atom is -0.347 e. The largest absolute Gasteiger partial charge is 0.347 e. The minimum atomic E-state index is -0.728. The zero-order valence-electron chi connectivity index (χ0n) is 14.6. The molecule has 0 radical (unpaired) electrons. The summed E-state index contributed by atoms with van der Waals surface area (Å²) in [6.45, 7) is 0. The second-order valence-corrected chi connectivity index (χ2v) is 6.36. The van der Waals surface area contributed by atoms with Crippen LogP contribution in [0.15, 0.2) is 52.5 Å². The number of carbonyl (C=O) groups excluding carboxylic acids is 1. The fourth-order valence-corrected chi connectivity index (χ4v) is 2.87. The summed E-state index contributed by atoms with van der Waals surface area (Å²) in [6.07, 6.45) is 2.98. The molecule has 1 aromatic carbocycles. The van der Waals surface area contributed by atoms with Crippen LogP contribution in [0.3, 0.4) is 0 Å². The van der Waals surface area contributed by atoms with Gasteiger partial charge in [-0.1, -0.05) is 17.7 Å². The van der Waals surface area contributed by atoms with Crippen LogP contribution in [0.25, 0.3) is 0 Å². The fourth-order valence-electron chi connectivity index (χ4n) is 2.69. The monoisotopic (exact) mass is 395 g/mol. The summed E-state index contributed by atoms with van der Waals surface area (Å²) in [5.41, 5.74) is 3.58. The van der Waals surface area contributed by atoms with Gasteiger partial charge >= 0.3 is 0 Å². The van der Waals surface area contributed by atoms with Gasteiger partial charge < -0.3 is 10.6 Å². The molecule has 0 atom stereocenters. The second kappa shape index (κ2) is 7.12. The third-order valence-corrected chi connectivity index (χ3v) is 4.25. The Bertz CT molecular complexity index is 1160. The van der Waals surface area contributed by atoms with Crippen LogP contribution in [0.4, 0.5) is 22.9 Å². The molecule has 0 unspecified atom stereocenters. The standard InChI is InChI=1S/C18H14ClN7O2/c1-26-17-14(22-13-8-10(19)5-6-12(13)23-17)16(27)15(25-26)18(28)24-21-9-11-4-2-3-7-20-11/h2-9,22-23H,1H3,(H,24,28)/b21-9+. The van der Waals surface area contributed by atoms with Gasteiger partial charge in [0.2, 0.25) is 5.43 Å². The number of aromatic nitrogens is 3. The molecule has 0 saturated heterocycles. The molecule has 10 heteroatoms. The molecule has 0 fully saturated rings. The summed E-state index contributed by atoms with van der Waals surface area (Å²) in [6, 6.07) is 10.5. The van der Waals surface area contributed by atoms with E-state index in [1.165, 1.54) is 10.9 Å². The number of pyridine rings is 1. The molecule has 2 aromatic heterocycles. The second-order valence-electron chi connectivity index (χ2n) is 5.92. The molecule has 3 aromatic rings. The van der Waals surface area contributed by atoms with E-state index in [2.05, 4.69) is 31.2 Å². The van der Waals surface area contributed by atoms with E-state index in [-0.39, 0.29) is 11.4 Å². The summed E-state index contributed by atoms with van der Waals surface area (Å²) >= 11 is 6.02.